The molecule has 1 amide bonds. The van der Waals surface area contributed by atoms with Crippen LogP contribution in [0.25, 0.3) is 0 Å². The maximum absolute atomic E-state index is 12.2. The molecule has 7 nitrogen and oxygen atoms in total. The van der Waals surface area contributed by atoms with Crippen LogP contribution < -0.4 is 5.56 Å². The van der Waals surface area contributed by atoms with Crippen molar-refractivity contribution in [3.05, 3.63) is 34.2 Å². The summed E-state index contributed by atoms with van der Waals surface area (Å²) >= 11 is 0. The molecule has 0 bridgehead atoms. The molecule has 1 N–H and O–H groups in total. The number of amides is 1. The largest absolute Gasteiger partial charge is 0.481 e. The van der Waals surface area contributed by atoms with Crippen LogP contribution in [0.1, 0.15) is 45.6 Å². The molecule has 0 spiro atoms. The van der Waals surface area contributed by atoms with Gasteiger partial charge in [-0.2, -0.15) is 0 Å². The molecule has 2 rings (SSSR count). The molecule has 7 heteroatoms. The van der Waals surface area contributed by atoms with Gasteiger partial charge in [0.05, 0.1) is 5.92 Å². The Morgan fingerprint density at radius 3 is 2.56 bits per heavy atom. The zero-order valence-corrected chi connectivity index (χ0v) is 15.2. The minimum Gasteiger partial charge on any atom is -0.481 e. The zero-order chi connectivity index (χ0) is 18.8. The van der Waals surface area contributed by atoms with E-state index in [2.05, 4.69) is 0 Å². The number of aromatic nitrogens is 1. The summed E-state index contributed by atoms with van der Waals surface area (Å²) in [6.45, 7) is 8.24. The van der Waals surface area contributed by atoms with Crippen LogP contribution in [0.3, 0.4) is 0 Å². The van der Waals surface area contributed by atoms with Gasteiger partial charge in [-0.3, -0.25) is 9.59 Å². The number of aliphatic carboxylic acids is 1. The van der Waals surface area contributed by atoms with Crippen molar-refractivity contribution in [1.82, 2.24) is 9.47 Å². The lowest BCUT2D eigenvalue weighted by Gasteiger charge is -2.37. The number of hydrogen-bond donors (Lipinski definition) is 1. The fraction of sp³-hybridized carbons (Fsp3) is 0.611. The summed E-state index contributed by atoms with van der Waals surface area (Å²) in [5, 5.41) is 9.61. The van der Waals surface area contributed by atoms with Crippen molar-refractivity contribution in [3.63, 3.8) is 0 Å². The summed E-state index contributed by atoms with van der Waals surface area (Å²) in [4.78, 5) is 37.4. The first-order valence-electron chi connectivity index (χ1n) is 8.53. The highest BCUT2D eigenvalue weighted by Gasteiger charge is 2.38. The first kappa shape index (κ1) is 19.0. The predicted molar refractivity (Wildman–Crippen MR) is 92.7 cm³/mol. The van der Waals surface area contributed by atoms with E-state index in [1.807, 2.05) is 6.92 Å². The molecule has 138 valence electrons. The van der Waals surface area contributed by atoms with Crippen LogP contribution in [0.2, 0.25) is 0 Å². The van der Waals surface area contributed by atoms with E-state index >= 15 is 0 Å². The number of carbonyl (C=O) groups is 2. The summed E-state index contributed by atoms with van der Waals surface area (Å²) in [5.74, 6) is -2.04. The average molecular weight is 350 g/mol. The summed E-state index contributed by atoms with van der Waals surface area (Å²) in [6, 6.07) is 3.31. The van der Waals surface area contributed by atoms with Gasteiger partial charge < -0.3 is 19.3 Å². The third-order valence-corrected chi connectivity index (χ3v) is 4.37. The number of carboxylic acids is 1. The number of nitrogens with zero attached hydrogens (tertiary/aromatic N) is 2. The van der Waals surface area contributed by atoms with Crippen LogP contribution in [-0.4, -0.2) is 45.3 Å². The number of carboxylic acid groups (broad SMARTS) is 1. The number of carbonyl (C=O) groups excluding carboxylic acids is 1. The van der Waals surface area contributed by atoms with E-state index in [9.17, 15) is 19.5 Å². The Labute approximate surface area is 147 Å². The van der Waals surface area contributed by atoms with Gasteiger partial charge in [0.25, 0.3) is 5.56 Å². The summed E-state index contributed by atoms with van der Waals surface area (Å²) in [5.41, 5.74) is -0.0539. The molecule has 2 atom stereocenters. The lowest BCUT2D eigenvalue weighted by atomic mass is 9.81. The summed E-state index contributed by atoms with van der Waals surface area (Å²) < 4.78 is 6.90. The first-order chi connectivity index (χ1) is 11.6. The smallest absolute Gasteiger partial charge is 0.410 e. The van der Waals surface area contributed by atoms with Crippen molar-refractivity contribution in [3.8, 4) is 0 Å². The number of piperidine rings is 1. The van der Waals surface area contributed by atoms with Gasteiger partial charge in [0.1, 0.15) is 5.60 Å². The molecule has 1 aliphatic rings. The van der Waals surface area contributed by atoms with Gasteiger partial charge in [0.2, 0.25) is 0 Å². The van der Waals surface area contributed by atoms with E-state index in [4.69, 9.17) is 4.74 Å². The topological polar surface area (TPSA) is 88.8 Å². The summed E-state index contributed by atoms with van der Waals surface area (Å²) in [7, 11) is 0. The maximum atomic E-state index is 12.2. The Bertz CT molecular complexity index is 704. The van der Waals surface area contributed by atoms with Crippen LogP contribution in [-0.2, 0) is 16.1 Å². The number of aryl methyl sites for hydroxylation is 1. The minimum absolute atomic E-state index is 0.0752. The van der Waals surface area contributed by atoms with Gasteiger partial charge in [-0.25, -0.2) is 4.79 Å². The van der Waals surface area contributed by atoms with Crippen molar-refractivity contribution in [2.45, 2.75) is 52.2 Å². The second-order valence-electron chi connectivity index (χ2n) is 7.35. The average Bonchev–Trinajstić information content (AvgIpc) is 2.52. The molecule has 1 aromatic rings. The SMILES string of the molecule is CCn1ccc([C@H]2CCN(C(=O)OC(C)(C)C)C[C@@H]2C(=O)O)cc1=O. The molecule has 0 saturated carbocycles. The summed E-state index contributed by atoms with van der Waals surface area (Å²) in [6.07, 6.45) is 1.67. The second-order valence-corrected chi connectivity index (χ2v) is 7.35. The molecule has 0 aliphatic carbocycles. The normalized spacial score (nSPS) is 21.0. The maximum Gasteiger partial charge on any atom is 0.410 e. The van der Waals surface area contributed by atoms with Gasteiger partial charge in [-0.15, -0.1) is 0 Å². The monoisotopic (exact) mass is 350 g/mol. The highest BCUT2D eigenvalue weighted by atomic mass is 16.6. The Kier molecular flexibility index (Phi) is 5.55. The molecule has 25 heavy (non-hydrogen) atoms. The molecule has 0 radical (unpaired) electrons. The molecule has 1 aromatic heterocycles. The van der Waals surface area contributed by atoms with Crippen molar-refractivity contribution < 1.29 is 19.4 Å². The standard InChI is InChI=1S/C18H26N2O5/c1-5-19-8-6-12(10-15(19)21)13-7-9-20(11-14(13)16(22)23)17(24)25-18(2,3)4/h6,8,10,13-14H,5,7,9,11H2,1-4H3,(H,22,23)/t13-,14+/m1/s1. The highest BCUT2D eigenvalue weighted by Crippen LogP contribution is 2.33. The second kappa shape index (κ2) is 7.29. The van der Waals surface area contributed by atoms with Crippen LogP contribution in [0, 0.1) is 5.92 Å². The van der Waals surface area contributed by atoms with Gasteiger partial charge in [0, 0.05) is 37.8 Å². The van der Waals surface area contributed by atoms with E-state index in [-0.39, 0.29) is 18.0 Å². The number of hydrogen-bond acceptors (Lipinski definition) is 4. The zero-order valence-electron chi connectivity index (χ0n) is 15.2. The number of likely N-dealkylation sites (tertiary alicyclic amines) is 1. The lowest BCUT2D eigenvalue weighted by Crippen LogP contribution is -2.47. The molecular weight excluding hydrogens is 324 g/mol. The van der Waals surface area contributed by atoms with Crippen LogP contribution >= 0.6 is 0 Å². The highest BCUT2D eigenvalue weighted by molar-refractivity contribution is 5.74. The fourth-order valence-corrected chi connectivity index (χ4v) is 3.11. The molecular formula is C18H26N2O5. The third-order valence-electron chi connectivity index (χ3n) is 4.37. The van der Waals surface area contributed by atoms with E-state index in [1.165, 1.54) is 11.0 Å². The molecule has 2 heterocycles. The van der Waals surface area contributed by atoms with Crippen molar-refractivity contribution in [1.29, 1.82) is 0 Å². The molecule has 1 aliphatic heterocycles. The Hall–Kier alpha value is -2.31. The molecule has 0 aromatic carbocycles. The van der Waals surface area contributed by atoms with Crippen LogP contribution in [0.5, 0.6) is 0 Å². The Balaban J connectivity index is 2.20. The fourth-order valence-electron chi connectivity index (χ4n) is 3.11. The molecule has 1 saturated heterocycles. The van der Waals surface area contributed by atoms with Crippen LogP contribution in [0.4, 0.5) is 4.79 Å². The molecule has 1 fully saturated rings. The van der Waals surface area contributed by atoms with Crippen molar-refractivity contribution in [2.75, 3.05) is 13.1 Å². The van der Waals surface area contributed by atoms with E-state index in [0.717, 1.165) is 0 Å². The first-order valence-corrected chi connectivity index (χ1v) is 8.53. The van der Waals surface area contributed by atoms with E-state index in [1.54, 1.807) is 37.6 Å². The van der Waals surface area contributed by atoms with Crippen molar-refractivity contribution in [2.24, 2.45) is 5.92 Å². The van der Waals surface area contributed by atoms with Crippen molar-refractivity contribution >= 4 is 12.1 Å². The van der Waals surface area contributed by atoms with E-state index in [0.29, 0.717) is 25.1 Å². The Morgan fingerprint density at radius 2 is 2.04 bits per heavy atom. The van der Waals surface area contributed by atoms with Crippen LogP contribution in [0.15, 0.2) is 23.1 Å². The number of pyridine rings is 1. The van der Waals surface area contributed by atoms with Gasteiger partial charge in [-0.1, -0.05) is 0 Å². The minimum atomic E-state index is -0.974. The number of ether oxygens (including phenoxy) is 1. The van der Waals surface area contributed by atoms with Gasteiger partial charge in [0.15, 0.2) is 0 Å². The van der Waals surface area contributed by atoms with E-state index < -0.39 is 23.6 Å². The van der Waals surface area contributed by atoms with Gasteiger partial charge in [-0.05, 0) is 45.7 Å². The molecule has 0 unspecified atom stereocenters. The Morgan fingerprint density at radius 1 is 1.36 bits per heavy atom. The van der Waals surface area contributed by atoms with Gasteiger partial charge >= 0.3 is 12.1 Å². The lowest BCUT2D eigenvalue weighted by molar-refractivity contribution is -0.144. The number of rotatable bonds is 3. The quantitative estimate of drug-likeness (QED) is 0.903. The predicted octanol–water partition coefficient (Wildman–Crippen LogP) is 2.29. The third kappa shape index (κ3) is 4.61.